The highest BCUT2D eigenvalue weighted by molar-refractivity contribution is 7.89. The molecule has 1 atom stereocenters. The first kappa shape index (κ1) is 19.6. The molecule has 8 heteroatoms. The zero-order valence-electron chi connectivity index (χ0n) is 11.8. The van der Waals surface area contributed by atoms with E-state index in [2.05, 4.69) is 4.98 Å². The van der Waals surface area contributed by atoms with Gasteiger partial charge in [0.25, 0.3) is 0 Å². The number of aromatic nitrogens is 1. The summed E-state index contributed by atoms with van der Waals surface area (Å²) in [6, 6.07) is 1.37. The highest BCUT2D eigenvalue weighted by atomic mass is 35.5. The molecule has 5 nitrogen and oxygen atoms in total. The average Bonchev–Trinajstić information content (AvgIpc) is 2.35. The summed E-state index contributed by atoms with van der Waals surface area (Å²) in [7, 11) is -2.02. The monoisotopic (exact) mass is 341 g/mol. The number of sulfonamides is 1. The van der Waals surface area contributed by atoms with Crippen LogP contribution in [0.5, 0.6) is 0 Å². The third kappa shape index (κ3) is 5.18. The van der Waals surface area contributed by atoms with Crippen LogP contribution in [0.15, 0.2) is 23.4 Å². The molecule has 0 aliphatic carbocycles. The largest absolute Gasteiger partial charge is 0.327 e. The van der Waals surface area contributed by atoms with Crippen molar-refractivity contribution in [1.82, 2.24) is 9.29 Å². The Bertz CT molecular complexity index is 523. The summed E-state index contributed by atoms with van der Waals surface area (Å²) in [5.41, 5.74) is 5.92. The van der Waals surface area contributed by atoms with Gasteiger partial charge in [0.05, 0.1) is 5.02 Å². The molecule has 0 spiro atoms. The highest BCUT2D eigenvalue weighted by Gasteiger charge is 2.22. The van der Waals surface area contributed by atoms with E-state index in [-0.39, 0.29) is 23.3 Å². The molecule has 1 heterocycles. The molecule has 1 aromatic heterocycles. The van der Waals surface area contributed by atoms with Crippen molar-refractivity contribution in [1.29, 1.82) is 0 Å². The molecule has 1 rings (SSSR count). The smallest absolute Gasteiger partial charge is 0.244 e. The number of nitrogens with zero attached hydrogens (tertiary/aromatic N) is 2. The lowest BCUT2D eigenvalue weighted by Crippen LogP contribution is -2.34. The number of nitrogens with two attached hydrogens (primary N) is 1. The van der Waals surface area contributed by atoms with Crippen LogP contribution in [0.3, 0.4) is 0 Å². The van der Waals surface area contributed by atoms with Crippen molar-refractivity contribution in [3.8, 4) is 0 Å². The molecular formula is C12H21Cl2N3O2S. The van der Waals surface area contributed by atoms with Crippen molar-refractivity contribution < 1.29 is 8.42 Å². The average molecular weight is 342 g/mol. The Morgan fingerprint density at radius 1 is 1.40 bits per heavy atom. The van der Waals surface area contributed by atoms with E-state index in [1.807, 2.05) is 13.8 Å². The van der Waals surface area contributed by atoms with Crippen LogP contribution in [0.25, 0.3) is 0 Å². The van der Waals surface area contributed by atoms with Crippen LogP contribution < -0.4 is 5.73 Å². The van der Waals surface area contributed by atoms with Gasteiger partial charge in [-0.25, -0.2) is 12.7 Å². The van der Waals surface area contributed by atoms with Crippen LogP contribution in [0.4, 0.5) is 0 Å². The lowest BCUT2D eigenvalue weighted by molar-refractivity contribution is 0.397. The quantitative estimate of drug-likeness (QED) is 0.859. The molecule has 116 valence electrons. The van der Waals surface area contributed by atoms with Gasteiger partial charge in [-0.2, -0.15) is 0 Å². The molecule has 0 aliphatic heterocycles. The molecule has 0 amide bonds. The molecule has 0 aliphatic rings. The summed E-state index contributed by atoms with van der Waals surface area (Å²) in [5.74, 6) is 0.323. The number of rotatable bonds is 6. The van der Waals surface area contributed by atoms with Gasteiger partial charge in [-0.15, -0.1) is 12.4 Å². The summed E-state index contributed by atoms with van der Waals surface area (Å²) in [4.78, 5) is 3.89. The summed E-state index contributed by atoms with van der Waals surface area (Å²) in [6.07, 6.45) is 3.30. The molecular weight excluding hydrogens is 321 g/mol. The van der Waals surface area contributed by atoms with E-state index in [1.165, 1.54) is 29.8 Å². The van der Waals surface area contributed by atoms with Crippen molar-refractivity contribution in [3.05, 3.63) is 23.5 Å². The Morgan fingerprint density at radius 2 is 2.00 bits per heavy atom. The molecule has 1 unspecified atom stereocenters. The van der Waals surface area contributed by atoms with Gasteiger partial charge in [0.1, 0.15) is 4.90 Å². The fraction of sp³-hybridized carbons (Fsp3) is 0.583. The Morgan fingerprint density at radius 3 is 2.50 bits per heavy atom. The van der Waals surface area contributed by atoms with Crippen molar-refractivity contribution in [3.63, 3.8) is 0 Å². The van der Waals surface area contributed by atoms with Gasteiger partial charge >= 0.3 is 0 Å². The molecule has 0 bridgehead atoms. The Hall–Kier alpha value is -0.400. The molecule has 0 saturated carbocycles. The van der Waals surface area contributed by atoms with Gasteiger partial charge in [0.15, 0.2) is 0 Å². The topological polar surface area (TPSA) is 76.3 Å². The van der Waals surface area contributed by atoms with Crippen LogP contribution in [0.2, 0.25) is 5.02 Å². The third-order valence-corrected chi connectivity index (χ3v) is 5.05. The predicted octanol–water partition coefficient (Wildman–Crippen LogP) is 2.15. The zero-order chi connectivity index (χ0) is 14.6. The van der Waals surface area contributed by atoms with Gasteiger partial charge in [0.2, 0.25) is 10.0 Å². The second-order valence-electron chi connectivity index (χ2n) is 4.86. The lowest BCUT2D eigenvalue weighted by Gasteiger charge is -2.21. The predicted molar refractivity (Wildman–Crippen MR) is 83.7 cm³/mol. The van der Waals surface area contributed by atoms with Gasteiger partial charge in [-0.1, -0.05) is 25.4 Å². The van der Waals surface area contributed by atoms with E-state index < -0.39 is 10.0 Å². The lowest BCUT2D eigenvalue weighted by atomic mass is 10.0. The second-order valence-corrected chi connectivity index (χ2v) is 7.34. The minimum atomic E-state index is -3.55. The van der Waals surface area contributed by atoms with E-state index in [0.29, 0.717) is 23.9 Å². The maximum atomic E-state index is 12.3. The Labute approximate surface area is 132 Å². The number of hydrogen-bond acceptors (Lipinski definition) is 4. The number of pyridine rings is 1. The van der Waals surface area contributed by atoms with Gasteiger partial charge in [-0.05, 0) is 18.4 Å². The first-order valence-corrected chi connectivity index (χ1v) is 7.89. The zero-order valence-corrected chi connectivity index (χ0v) is 14.2. The normalized spacial score (nSPS) is 13.3. The summed E-state index contributed by atoms with van der Waals surface area (Å²) in [5, 5.41) is 0.299. The van der Waals surface area contributed by atoms with E-state index in [9.17, 15) is 8.42 Å². The van der Waals surface area contributed by atoms with Gasteiger partial charge in [0, 0.05) is 32.0 Å². The van der Waals surface area contributed by atoms with E-state index in [1.54, 1.807) is 0 Å². The molecule has 0 radical (unpaired) electrons. The van der Waals surface area contributed by atoms with Crippen molar-refractivity contribution >= 4 is 34.0 Å². The van der Waals surface area contributed by atoms with Crippen LogP contribution >= 0.6 is 24.0 Å². The standard InChI is InChI=1S/C12H20ClN3O2S.ClH/c1-9(2)12(14)4-5-16(3)19(17,18)11-6-10(13)7-15-8-11;/h6-9,12H,4-5,14H2,1-3H3;1H. The van der Waals surface area contributed by atoms with Crippen LogP contribution in [0.1, 0.15) is 20.3 Å². The van der Waals surface area contributed by atoms with E-state index in [0.717, 1.165) is 0 Å². The SMILES string of the molecule is CC(C)C(N)CCN(C)S(=O)(=O)c1cncc(Cl)c1.Cl. The number of hydrogen-bond donors (Lipinski definition) is 1. The Balaban J connectivity index is 0.00000361. The summed E-state index contributed by atoms with van der Waals surface area (Å²) < 4.78 is 25.8. The van der Waals surface area contributed by atoms with Crippen LogP contribution in [0, 0.1) is 5.92 Å². The van der Waals surface area contributed by atoms with Crippen molar-refractivity contribution in [2.24, 2.45) is 11.7 Å². The molecule has 0 saturated heterocycles. The summed E-state index contributed by atoms with van der Waals surface area (Å²) in [6.45, 7) is 4.40. The Kier molecular flexibility index (Phi) is 7.98. The van der Waals surface area contributed by atoms with E-state index >= 15 is 0 Å². The van der Waals surface area contributed by atoms with Crippen molar-refractivity contribution in [2.45, 2.75) is 31.2 Å². The fourth-order valence-corrected chi connectivity index (χ4v) is 2.91. The minimum absolute atomic E-state index is 0. The van der Waals surface area contributed by atoms with Crippen molar-refractivity contribution in [2.75, 3.05) is 13.6 Å². The summed E-state index contributed by atoms with van der Waals surface area (Å²) >= 11 is 5.76. The molecule has 2 N–H and O–H groups in total. The number of halogens is 2. The second kappa shape index (κ2) is 8.14. The maximum Gasteiger partial charge on any atom is 0.244 e. The first-order chi connectivity index (χ1) is 8.75. The molecule has 0 fully saturated rings. The molecule has 0 aromatic carbocycles. The minimum Gasteiger partial charge on any atom is -0.327 e. The van der Waals surface area contributed by atoms with Crippen LogP contribution in [-0.4, -0.2) is 37.3 Å². The highest BCUT2D eigenvalue weighted by Crippen LogP contribution is 2.17. The van der Waals surface area contributed by atoms with Gasteiger partial charge < -0.3 is 5.73 Å². The van der Waals surface area contributed by atoms with E-state index in [4.69, 9.17) is 17.3 Å². The van der Waals surface area contributed by atoms with Crippen LogP contribution in [-0.2, 0) is 10.0 Å². The fourth-order valence-electron chi connectivity index (χ4n) is 1.50. The first-order valence-electron chi connectivity index (χ1n) is 6.07. The molecule has 20 heavy (non-hydrogen) atoms. The maximum absolute atomic E-state index is 12.3. The molecule has 1 aromatic rings. The van der Waals surface area contributed by atoms with Gasteiger partial charge in [-0.3, -0.25) is 4.98 Å². The third-order valence-electron chi connectivity index (χ3n) is 3.02.